The van der Waals surface area contributed by atoms with Crippen LogP contribution < -0.4 is 5.32 Å². The molecule has 1 aliphatic carbocycles. The summed E-state index contributed by atoms with van der Waals surface area (Å²) in [5, 5.41) is 5.31. The van der Waals surface area contributed by atoms with E-state index in [-0.39, 0.29) is 0 Å². The fourth-order valence-electron chi connectivity index (χ4n) is 2.21. The van der Waals surface area contributed by atoms with Crippen molar-refractivity contribution in [1.82, 2.24) is 4.98 Å². The molecule has 1 unspecified atom stereocenters. The highest BCUT2D eigenvalue weighted by molar-refractivity contribution is 7.22. The molecule has 90 valence electrons. The standard InChI is InChI=1S/C13H15ClN2S/c1-8(9-3-2-4-9)15-13-16-11-6-5-10(14)7-12(11)17-13/h5-9H,2-4H2,1H3,(H,15,16). The molecule has 3 rings (SSSR count). The predicted molar refractivity (Wildman–Crippen MR) is 75.1 cm³/mol. The summed E-state index contributed by atoms with van der Waals surface area (Å²) in [6.45, 7) is 2.25. The molecule has 1 fully saturated rings. The summed E-state index contributed by atoms with van der Waals surface area (Å²) < 4.78 is 1.15. The minimum absolute atomic E-state index is 0.528. The molecule has 1 aromatic carbocycles. The van der Waals surface area contributed by atoms with E-state index in [2.05, 4.69) is 17.2 Å². The van der Waals surface area contributed by atoms with E-state index < -0.39 is 0 Å². The van der Waals surface area contributed by atoms with Crippen molar-refractivity contribution in [2.45, 2.75) is 32.2 Å². The van der Waals surface area contributed by atoms with Crippen molar-refractivity contribution in [3.63, 3.8) is 0 Å². The summed E-state index contributed by atoms with van der Waals surface area (Å²) in [4.78, 5) is 4.58. The smallest absolute Gasteiger partial charge is 0.184 e. The molecule has 0 spiro atoms. The quantitative estimate of drug-likeness (QED) is 0.882. The number of nitrogens with one attached hydrogen (secondary N) is 1. The second-order valence-corrected chi connectivity index (χ2v) is 6.22. The Morgan fingerprint density at radius 3 is 3.00 bits per heavy atom. The molecule has 0 amide bonds. The number of nitrogens with zero attached hydrogens (tertiary/aromatic N) is 1. The van der Waals surface area contributed by atoms with Gasteiger partial charge in [-0.05, 0) is 43.9 Å². The third-order valence-electron chi connectivity index (χ3n) is 3.56. The normalized spacial score (nSPS) is 18.0. The van der Waals surface area contributed by atoms with Gasteiger partial charge in [0.2, 0.25) is 0 Å². The number of benzene rings is 1. The molecule has 0 aliphatic heterocycles. The Bertz CT molecular complexity index is 533. The highest BCUT2D eigenvalue weighted by Crippen LogP contribution is 2.33. The maximum Gasteiger partial charge on any atom is 0.184 e. The second-order valence-electron chi connectivity index (χ2n) is 4.76. The van der Waals surface area contributed by atoms with E-state index in [0.717, 1.165) is 26.3 Å². The number of aromatic nitrogens is 1. The third kappa shape index (κ3) is 2.26. The summed E-state index contributed by atoms with van der Waals surface area (Å²) in [6, 6.07) is 6.38. The molecule has 1 saturated carbocycles. The van der Waals surface area contributed by atoms with Gasteiger partial charge in [-0.3, -0.25) is 0 Å². The molecule has 1 aliphatic rings. The summed E-state index contributed by atoms with van der Waals surface area (Å²) in [6.07, 6.45) is 4.09. The van der Waals surface area contributed by atoms with Gasteiger partial charge in [-0.25, -0.2) is 4.98 Å². The SMILES string of the molecule is CC(Nc1nc2ccc(Cl)cc2s1)C1CCC1. The monoisotopic (exact) mass is 266 g/mol. The van der Waals surface area contributed by atoms with Crippen molar-refractivity contribution in [1.29, 1.82) is 0 Å². The van der Waals surface area contributed by atoms with Gasteiger partial charge >= 0.3 is 0 Å². The minimum atomic E-state index is 0.528. The molecule has 2 nitrogen and oxygen atoms in total. The summed E-state index contributed by atoms with van der Waals surface area (Å²) >= 11 is 7.66. The van der Waals surface area contributed by atoms with E-state index in [0.29, 0.717) is 6.04 Å². The highest BCUT2D eigenvalue weighted by atomic mass is 35.5. The first-order chi connectivity index (χ1) is 8.22. The zero-order chi connectivity index (χ0) is 11.8. The lowest BCUT2D eigenvalue weighted by Gasteiger charge is -2.31. The lowest BCUT2D eigenvalue weighted by atomic mass is 9.80. The van der Waals surface area contributed by atoms with Crippen LogP contribution in [0.1, 0.15) is 26.2 Å². The van der Waals surface area contributed by atoms with Gasteiger partial charge in [0.1, 0.15) is 0 Å². The van der Waals surface area contributed by atoms with E-state index in [9.17, 15) is 0 Å². The van der Waals surface area contributed by atoms with Gasteiger partial charge in [-0.2, -0.15) is 0 Å². The molecular weight excluding hydrogens is 252 g/mol. The van der Waals surface area contributed by atoms with Gasteiger partial charge in [0.25, 0.3) is 0 Å². The Kier molecular flexibility index (Phi) is 2.97. The maximum absolute atomic E-state index is 5.97. The first-order valence-corrected chi connectivity index (χ1v) is 7.24. The van der Waals surface area contributed by atoms with E-state index in [1.54, 1.807) is 11.3 Å². The van der Waals surface area contributed by atoms with E-state index in [4.69, 9.17) is 11.6 Å². The van der Waals surface area contributed by atoms with Gasteiger partial charge < -0.3 is 5.32 Å². The van der Waals surface area contributed by atoms with E-state index >= 15 is 0 Å². The van der Waals surface area contributed by atoms with Gasteiger partial charge in [0.15, 0.2) is 5.13 Å². The van der Waals surface area contributed by atoms with Crippen LogP contribution in [0.15, 0.2) is 18.2 Å². The van der Waals surface area contributed by atoms with E-state index in [1.165, 1.54) is 19.3 Å². The molecule has 2 aromatic rings. The molecule has 0 radical (unpaired) electrons. The minimum Gasteiger partial charge on any atom is -0.359 e. The van der Waals surface area contributed by atoms with Crippen molar-refractivity contribution in [3.8, 4) is 0 Å². The lowest BCUT2D eigenvalue weighted by molar-refractivity contribution is 0.285. The van der Waals surface area contributed by atoms with Crippen molar-refractivity contribution >= 4 is 38.3 Å². The average molecular weight is 267 g/mol. The van der Waals surface area contributed by atoms with Gasteiger partial charge in [-0.1, -0.05) is 29.4 Å². The summed E-state index contributed by atoms with van der Waals surface area (Å²) in [5.74, 6) is 0.825. The molecule has 1 heterocycles. The first kappa shape index (κ1) is 11.3. The summed E-state index contributed by atoms with van der Waals surface area (Å²) in [7, 11) is 0. The Balaban J connectivity index is 1.80. The van der Waals surface area contributed by atoms with Crippen LogP contribution in [-0.4, -0.2) is 11.0 Å². The number of hydrogen-bond acceptors (Lipinski definition) is 3. The van der Waals surface area contributed by atoms with Crippen molar-refractivity contribution < 1.29 is 0 Å². The van der Waals surface area contributed by atoms with Crippen LogP contribution in [0.4, 0.5) is 5.13 Å². The van der Waals surface area contributed by atoms with Crippen LogP contribution in [0.5, 0.6) is 0 Å². The Labute approximate surface area is 110 Å². The van der Waals surface area contributed by atoms with Crippen LogP contribution in [0, 0.1) is 5.92 Å². The molecule has 0 bridgehead atoms. The fourth-order valence-corrected chi connectivity index (χ4v) is 3.45. The van der Waals surface area contributed by atoms with Gasteiger partial charge in [0.05, 0.1) is 10.2 Å². The van der Waals surface area contributed by atoms with Crippen LogP contribution >= 0.6 is 22.9 Å². The molecule has 17 heavy (non-hydrogen) atoms. The van der Waals surface area contributed by atoms with Crippen LogP contribution in [0.3, 0.4) is 0 Å². The van der Waals surface area contributed by atoms with E-state index in [1.807, 2.05) is 18.2 Å². The zero-order valence-electron chi connectivity index (χ0n) is 9.74. The van der Waals surface area contributed by atoms with Crippen molar-refractivity contribution in [3.05, 3.63) is 23.2 Å². The number of anilines is 1. The number of rotatable bonds is 3. The van der Waals surface area contributed by atoms with Crippen LogP contribution in [0.2, 0.25) is 5.02 Å². The number of hydrogen-bond donors (Lipinski definition) is 1. The lowest BCUT2D eigenvalue weighted by Crippen LogP contribution is -2.30. The molecule has 1 aromatic heterocycles. The summed E-state index contributed by atoms with van der Waals surface area (Å²) in [5.41, 5.74) is 1.03. The largest absolute Gasteiger partial charge is 0.359 e. The molecule has 1 N–H and O–H groups in total. The Hall–Kier alpha value is -0.800. The Morgan fingerprint density at radius 2 is 2.29 bits per heavy atom. The van der Waals surface area contributed by atoms with Crippen molar-refractivity contribution in [2.24, 2.45) is 5.92 Å². The third-order valence-corrected chi connectivity index (χ3v) is 4.74. The fraction of sp³-hybridized carbons (Fsp3) is 0.462. The number of halogens is 1. The maximum atomic E-state index is 5.97. The second kappa shape index (κ2) is 4.46. The van der Waals surface area contributed by atoms with Gasteiger partial charge in [-0.15, -0.1) is 0 Å². The van der Waals surface area contributed by atoms with Gasteiger partial charge in [0, 0.05) is 11.1 Å². The molecule has 0 saturated heterocycles. The number of fused-ring (bicyclic) bond motifs is 1. The number of thiazole rings is 1. The predicted octanol–water partition coefficient (Wildman–Crippen LogP) is 4.55. The topological polar surface area (TPSA) is 24.9 Å². The first-order valence-electron chi connectivity index (χ1n) is 6.05. The Morgan fingerprint density at radius 1 is 1.47 bits per heavy atom. The zero-order valence-corrected chi connectivity index (χ0v) is 11.3. The van der Waals surface area contributed by atoms with Crippen LogP contribution in [0.25, 0.3) is 10.2 Å². The van der Waals surface area contributed by atoms with Crippen molar-refractivity contribution in [2.75, 3.05) is 5.32 Å². The average Bonchev–Trinajstić information content (AvgIpc) is 2.55. The highest BCUT2D eigenvalue weighted by Gasteiger charge is 2.24. The molecular formula is C13H15ClN2S. The molecule has 4 heteroatoms. The molecule has 1 atom stereocenters. The van der Waals surface area contributed by atoms with Crippen LogP contribution in [-0.2, 0) is 0 Å².